The zero-order chi connectivity index (χ0) is 11.3. The van der Waals surface area contributed by atoms with Crippen molar-refractivity contribution in [3.8, 4) is 5.75 Å². The van der Waals surface area contributed by atoms with Crippen LogP contribution in [-0.2, 0) is 16.1 Å². The van der Waals surface area contributed by atoms with Gasteiger partial charge in [0.05, 0.1) is 7.11 Å². The molecule has 0 atom stereocenters. The van der Waals surface area contributed by atoms with Crippen molar-refractivity contribution >= 4 is 12.2 Å². The predicted molar refractivity (Wildman–Crippen MR) is 50.9 cm³/mol. The van der Waals surface area contributed by atoms with Crippen molar-refractivity contribution in [1.82, 2.24) is 5.32 Å². The molecule has 0 aliphatic heterocycles. The lowest BCUT2D eigenvalue weighted by molar-refractivity contribution is -0.131. The first-order chi connectivity index (χ1) is 7.17. The maximum absolute atomic E-state index is 13.1. The van der Waals surface area contributed by atoms with E-state index in [0.717, 1.165) is 0 Å². The first-order valence-corrected chi connectivity index (χ1v) is 4.22. The van der Waals surface area contributed by atoms with Crippen LogP contribution in [0.5, 0.6) is 5.75 Å². The summed E-state index contributed by atoms with van der Waals surface area (Å²) in [5.41, 5.74) is 0.559. The first kappa shape index (κ1) is 11.2. The Balaban J connectivity index is 2.67. The van der Waals surface area contributed by atoms with Gasteiger partial charge in [0.25, 0.3) is 5.91 Å². The van der Waals surface area contributed by atoms with Crippen LogP contribution in [0.15, 0.2) is 18.2 Å². The SMILES string of the molecule is COc1ccc(CNC(=O)C=O)cc1F. The van der Waals surface area contributed by atoms with Crippen LogP contribution in [0.2, 0.25) is 0 Å². The van der Waals surface area contributed by atoms with E-state index in [1.54, 1.807) is 6.07 Å². The summed E-state index contributed by atoms with van der Waals surface area (Å²) >= 11 is 0. The van der Waals surface area contributed by atoms with Crippen LogP contribution < -0.4 is 10.1 Å². The Hall–Kier alpha value is -1.91. The van der Waals surface area contributed by atoms with E-state index in [0.29, 0.717) is 5.56 Å². The van der Waals surface area contributed by atoms with Gasteiger partial charge in [0.15, 0.2) is 11.6 Å². The molecule has 0 aliphatic rings. The fourth-order valence-corrected chi connectivity index (χ4v) is 1.05. The van der Waals surface area contributed by atoms with E-state index in [4.69, 9.17) is 4.74 Å². The van der Waals surface area contributed by atoms with Crippen LogP contribution in [0.3, 0.4) is 0 Å². The number of methoxy groups -OCH3 is 1. The molecule has 4 nitrogen and oxygen atoms in total. The molecular weight excluding hydrogens is 201 g/mol. The molecule has 0 aromatic heterocycles. The second-order valence-electron chi connectivity index (χ2n) is 2.80. The molecular formula is C10H10FNO3. The first-order valence-electron chi connectivity index (χ1n) is 4.22. The summed E-state index contributed by atoms with van der Waals surface area (Å²) in [5.74, 6) is -1.10. The largest absolute Gasteiger partial charge is 0.494 e. The predicted octanol–water partition coefficient (Wildman–Crippen LogP) is 0.649. The molecule has 5 heteroatoms. The number of carbonyl (C=O) groups excluding carboxylic acids is 2. The number of aldehydes is 1. The summed E-state index contributed by atoms with van der Waals surface area (Å²) in [6.07, 6.45) is 0.167. The van der Waals surface area contributed by atoms with E-state index in [-0.39, 0.29) is 18.6 Å². The van der Waals surface area contributed by atoms with Gasteiger partial charge in [0.2, 0.25) is 6.29 Å². The smallest absolute Gasteiger partial charge is 0.284 e. The Bertz CT molecular complexity index is 379. The average Bonchev–Trinajstić information content (AvgIpc) is 2.26. The molecule has 1 aromatic carbocycles. The number of rotatable bonds is 4. The molecule has 15 heavy (non-hydrogen) atoms. The summed E-state index contributed by atoms with van der Waals surface area (Å²) in [6, 6.07) is 4.30. The Morgan fingerprint density at radius 3 is 2.87 bits per heavy atom. The van der Waals surface area contributed by atoms with Gasteiger partial charge in [-0.1, -0.05) is 6.07 Å². The molecule has 0 spiro atoms. The molecule has 80 valence electrons. The number of carbonyl (C=O) groups is 2. The minimum atomic E-state index is -0.730. The lowest BCUT2D eigenvalue weighted by atomic mass is 10.2. The van der Waals surface area contributed by atoms with Crippen molar-refractivity contribution in [3.05, 3.63) is 29.6 Å². The molecule has 0 bridgehead atoms. The van der Waals surface area contributed by atoms with Crippen LogP contribution in [0.4, 0.5) is 4.39 Å². The Morgan fingerprint density at radius 1 is 1.60 bits per heavy atom. The summed E-state index contributed by atoms with van der Waals surface area (Å²) < 4.78 is 17.9. The molecule has 1 rings (SSSR count). The van der Waals surface area contributed by atoms with E-state index >= 15 is 0 Å². The molecule has 0 radical (unpaired) electrons. The number of ether oxygens (including phenoxy) is 1. The number of benzene rings is 1. The van der Waals surface area contributed by atoms with E-state index < -0.39 is 11.7 Å². The van der Waals surface area contributed by atoms with E-state index in [1.165, 1.54) is 19.2 Å². The Morgan fingerprint density at radius 2 is 2.33 bits per heavy atom. The van der Waals surface area contributed by atoms with E-state index in [2.05, 4.69) is 5.32 Å². The highest BCUT2D eigenvalue weighted by atomic mass is 19.1. The van der Waals surface area contributed by atoms with Gasteiger partial charge in [-0.2, -0.15) is 0 Å². The summed E-state index contributed by atoms with van der Waals surface area (Å²) in [5, 5.41) is 2.30. The van der Waals surface area contributed by atoms with Gasteiger partial charge in [-0.15, -0.1) is 0 Å². The van der Waals surface area contributed by atoms with Gasteiger partial charge in [-0.3, -0.25) is 9.59 Å². The van der Waals surface area contributed by atoms with Gasteiger partial charge in [-0.25, -0.2) is 4.39 Å². The normalized spacial score (nSPS) is 9.47. The molecule has 0 unspecified atom stereocenters. The number of halogens is 1. The molecule has 0 fully saturated rings. The standard InChI is InChI=1S/C10H10FNO3/c1-15-9-3-2-7(4-8(9)11)5-12-10(14)6-13/h2-4,6H,5H2,1H3,(H,12,14). The summed E-state index contributed by atoms with van der Waals surface area (Å²) in [4.78, 5) is 20.6. The molecule has 0 saturated heterocycles. The van der Waals surface area contributed by atoms with E-state index in [1.807, 2.05) is 0 Å². The third-order valence-electron chi connectivity index (χ3n) is 1.79. The maximum atomic E-state index is 13.1. The van der Waals surface area contributed by atoms with Crippen molar-refractivity contribution in [2.75, 3.05) is 7.11 Å². The van der Waals surface area contributed by atoms with Gasteiger partial charge < -0.3 is 10.1 Å². The Kier molecular flexibility index (Phi) is 3.79. The highest BCUT2D eigenvalue weighted by Crippen LogP contribution is 2.17. The number of hydrogen-bond donors (Lipinski definition) is 1. The zero-order valence-corrected chi connectivity index (χ0v) is 8.12. The second-order valence-corrected chi connectivity index (χ2v) is 2.80. The molecule has 1 amide bonds. The zero-order valence-electron chi connectivity index (χ0n) is 8.12. The highest BCUT2D eigenvalue weighted by molar-refractivity contribution is 6.23. The number of hydrogen-bond acceptors (Lipinski definition) is 3. The lowest BCUT2D eigenvalue weighted by Gasteiger charge is -2.05. The fourth-order valence-electron chi connectivity index (χ4n) is 1.05. The number of amides is 1. The highest BCUT2D eigenvalue weighted by Gasteiger charge is 2.04. The molecule has 0 saturated carbocycles. The molecule has 0 aliphatic carbocycles. The van der Waals surface area contributed by atoms with Crippen molar-refractivity contribution in [3.63, 3.8) is 0 Å². The topological polar surface area (TPSA) is 55.4 Å². The fraction of sp³-hybridized carbons (Fsp3) is 0.200. The molecule has 0 heterocycles. The maximum Gasteiger partial charge on any atom is 0.284 e. The van der Waals surface area contributed by atoms with Gasteiger partial charge in [0, 0.05) is 6.54 Å². The van der Waals surface area contributed by atoms with Crippen molar-refractivity contribution < 1.29 is 18.7 Å². The van der Waals surface area contributed by atoms with E-state index in [9.17, 15) is 14.0 Å². The summed E-state index contributed by atoms with van der Waals surface area (Å²) in [7, 11) is 1.37. The third-order valence-corrected chi connectivity index (χ3v) is 1.79. The molecule has 1 aromatic rings. The molecule has 1 N–H and O–H groups in total. The van der Waals surface area contributed by atoms with Gasteiger partial charge in [0.1, 0.15) is 0 Å². The number of nitrogens with one attached hydrogen (secondary N) is 1. The minimum absolute atomic E-state index is 0.110. The van der Waals surface area contributed by atoms with Gasteiger partial charge >= 0.3 is 0 Å². The van der Waals surface area contributed by atoms with Crippen molar-refractivity contribution in [2.24, 2.45) is 0 Å². The Labute approximate surface area is 86.0 Å². The second kappa shape index (κ2) is 5.09. The average molecular weight is 211 g/mol. The van der Waals surface area contributed by atoms with Crippen molar-refractivity contribution in [1.29, 1.82) is 0 Å². The van der Waals surface area contributed by atoms with Crippen LogP contribution >= 0.6 is 0 Å². The summed E-state index contributed by atoms with van der Waals surface area (Å²) in [6.45, 7) is 0.110. The minimum Gasteiger partial charge on any atom is -0.494 e. The quantitative estimate of drug-likeness (QED) is 0.587. The monoisotopic (exact) mass is 211 g/mol. The van der Waals surface area contributed by atoms with Crippen LogP contribution in [0.1, 0.15) is 5.56 Å². The van der Waals surface area contributed by atoms with Crippen LogP contribution in [0, 0.1) is 5.82 Å². The van der Waals surface area contributed by atoms with Crippen molar-refractivity contribution in [2.45, 2.75) is 6.54 Å². The van der Waals surface area contributed by atoms with Crippen LogP contribution in [0.25, 0.3) is 0 Å². The van der Waals surface area contributed by atoms with Crippen LogP contribution in [-0.4, -0.2) is 19.3 Å². The lowest BCUT2D eigenvalue weighted by Crippen LogP contribution is -2.23. The third kappa shape index (κ3) is 3.05. The van der Waals surface area contributed by atoms with Gasteiger partial charge in [-0.05, 0) is 17.7 Å².